The van der Waals surface area contributed by atoms with Crippen molar-refractivity contribution in [1.29, 1.82) is 0 Å². The van der Waals surface area contributed by atoms with Gasteiger partial charge in [-0.25, -0.2) is 13.5 Å². The van der Waals surface area contributed by atoms with Gasteiger partial charge in [0.15, 0.2) is 0 Å². The van der Waals surface area contributed by atoms with E-state index in [0.29, 0.717) is 22.4 Å². The van der Waals surface area contributed by atoms with Crippen LogP contribution in [0.15, 0.2) is 36.4 Å². The Morgan fingerprint density at radius 1 is 1.13 bits per heavy atom. The first kappa shape index (κ1) is 20.5. The van der Waals surface area contributed by atoms with Crippen molar-refractivity contribution < 1.29 is 18.0 Å². The fourth-order valence-electron chi connectivity index (χ4n) is 3.48. The smallest absolute Gasteiger partial charge is 0.260 e. The van der Waals surface area contributed by atoms with Crippen LogP contribution in [-0.2, 0) is 13.6 Å². The van der Waals surface area contributed by atoms with Gasteiger partial charge in [0.1, 0.15) is 17.2 Å². The fraction of sp³-hybridized carbons (Fsp3) is 0.273. The van der Waals surface area contributed by atoms with Crippen molar-refractivity contribution in [2.45, 2.75) is 32.4 Å². The number of rotatable bonds is 5. The molecule has 1 aromatic heterocycles. The summed E-state index contributed by atoms with van der Waals surface area (Å²) in [6, 6.07) is 8.71. The van der Waals surface area contributed by atoms with Gasteiger partial charge in [0.05, 0.1) is 10.7 Å². The number of halogens is 4. The van der Waals surface area contributed by atoms with Crippen LogP contribution in [0.3, 0.4) is 0 Å². The molecule has 4 nitrogen and oxygen atoms in total. The molecule has 1 aliphatic rings. The summed E-state index contributed by atoms with van der Waals surface area (Å²) >= 11 is 5.82. The Kier molecular flexibility index (Phi) is 5.32. The van der Waals surface area contributed by atoms with E-state index >= 15 is 0 Å². The molecular weight excluding hydrogens is 415 g/mol. The topological polar surface area (TPSA) is 38.1 Å². The zero-order valence-corrected chi connectivity index (χ0v) is 17.2. The number of hydrogen-bond donors (Lipinski definition) is 0. The van der Waals surface area contributed by atoms with Gasteiger partial charge < -0.3 is 4.90 Å². The van der Waals surface area contributed by atoms with E-state index in [4.69, 9.17) is 11.6 Å². The van der Waals surface area contributed by atoms with Gasteiger partial charge in [-0.1, -0.05) is 29.8 Å². The maximum absolute atomic E-state index is 14.9. The van der Waals surface area contributed by atoms with Crippen molar-refractivity contribution in [1.82, 2.24) is 14.7 Å². The Bertz CT molecular complexity index is 1140. The Balaban J connectivity index is 1.61. The molecule has 1 amide bonds. The van der Waals surface area contributed by atoms with Gasteiger partial charge >= 0.3 is 0 Å². The van der Waals surface area contributed by atoms with E-state index in [9.17, 15) is 18.0 Å². The second kappa shape index (κ2) is 7.80. The number of hydrogen-bond acceptors (Lipinski definition) is 2. The first-order chi connectivity index (χ1) is 14.3. The van der Waals surface area contributed by atoms with Crippen LogP contribution in [0, 0.1) is 24.5 Å². The molecule has 30 heavy (non-hydrogen) atoms. The maximum atomic E-state index is 14.9. The Morgan fingerprint density at radius 3 is 2.37 bits per heavy atom. The first-order valence-corrected chi connectivity index (χ1v) is 9.88. The molecular formula is C22H19ClF3N3O. The average molecular weight is 434 g/mol. The molecule has 1 aliphatic carbocycles. The van der Waals surface area contributed by atoms with E-state index in [2.05, 4.69) is 5.10 Å². The van der Waals surface area contributed by atoms with Crippen LogP contribution in [0.4, 0.5) is 13.2 Å². The maximum Gasteiger partial charge on any atom is 0.260 e. The predicted octanol–water partition coefficient (Wildman–Crippen LogP) is 5.27. The molecule has 1 saturated carbocycles. The second-order valence-corrected chi connectivity index (χ2v) is 7.88. The lowest BCUT2D eigenvalue weighted by molar-refractivity contribution is 0.0722. The standard InChI is InChI=1S/C22H19ClF3N3O/c1-12-20(21(26)28(2)27-12)22(30)29(16-6-7-16)11-15-4-3-14(10-19(15)25)13-5-8-18(24)17(23)9-13/h3-5,8-10,16H,6-7,11H2,1-2H3. The summed E-state index contributed by atoms with van der Waals surface area (Å²) in [6.07, 6.45) is 1.58. The minimum Gasteiger partial charge on any atom is -0.331 e. The Labute approximate surface area is 176 Å². The van der Waals surface area contributed by atoms with E-state index in [1.54, 1.807) is 19.1 Å². The highest BCUT2D eigenvalue weighted by molar-refractivity contribution is 6.31. The van der Waals surface area contributed by atoms with Crippen LogP contribution >= 0.6 is 11.6 Å². The number of carbonyl (C=O) groups excluding carboxylic acids is 1. The van der Waals surface area contributed by atoms with Crippen molar-refractivity contribution in [2.75, 3.05) is 0 Å². The fourth-order valence-corrected chi connectivity index (χ4v) is 3.66. The highest BCUT2D eigenvalue weighted by atomic mass is 35.5. The summed E-state index contributed by atoms with van der Waals surface area (Å²) in [5.41, 5.74) is 1.65. The average Bonchev–Trinajstić information content (AvgIpc) is 3.50. The monoisotopic (exact) mass is 433 g/mol. The SMILES string of the molecule is Cc1nn(C)c(F)c1C(=O)N(Cc1ccc(-c2ccc(F)c(Cl)c2)cc1F)C1CC1. The molecule has 4 rings (SSSR count). The molecule has 1 fully saturated rings. The zero-order valence-electron chi connectivity index (χ0n) is 16.4. The van der Waals surface area contributed by atoms with Crippen LogP contribution in [0.2, 0.25) is 5.02 Å². The van der Waals surface area contributed by atoms with E-state index in [1.165, 1.54) is 36.2 Å². The molecule has 1 heterocycles. The van der Waals surface area contributed by atoms with Crippen molar-refractivity contribution in [2.24, 2.45) is 7.05 Å². The highest BCUT2D eigenvalue weighted by Gasteiger charge is 2.36. The molecule has 0 aliphatic heterocycles. The van der Waals surface area contributed by atoms with E-state index < -0.39 is 23.5 Å². The van der Waals surface area contributed by atoms with Gasteiger partial charge in [-0.15, -0.1) is 0 Å². The predicted molar refractivity (Wildman–Crippen MR) is 108 cm³/mol. The quantitative estimate of drug-likeness (QED) is 0.549. The van der Waals surface area contributed by atoms with Gasteiger partial charge in [0.2, 0.25) is 5.95 Å². The minimum absolute atomic E-state index is 0.0214. The molecule has 0 bridgehead atoms. The third-order valence-electron chi connectivity index (χ3n) is 5.26. The van der Waals surface area contributed by atoms with Crippen molar-refractivity contribution in [3.63, 3.8) is 0 Å². The lowest BCUT2D eigenvalue weighted by Crippen LogP contribution is -2.33. The number of amides is 1. The third kappa shape index (κ3) is 3.81. The van der Waals surface area contributed by atoms with Crippen molar-refractivity contribution >= 4 is 17.5 Å². The number of carbonyl (C=O) groups is 1. The molecule has 2 aromatic carbocycles. The third-order valence-corrected chi connectivity index (χ3v) is 5.55. The van der Waals surface area contributed by atoms with Crippen LogP contribution in [-0.4, -0.2) is 26.6 Å². The Hall–Kier alpha value is -2.80. The van der Waals surface area contributed by atoms with Crippen LogP contribution in [0.1, 0.15) is 34.5 Å². The molecule has 0 radical (unpaired) electrons. The number of nitrogens with zero attached hydrogens (tertiary/aromatic N) is 3. The second-order valence-electron chi connectivity index (χ2n) is 7.47. The normalized spacial score (nSPS) is 13.5. The minimum atomic E-state index is -0.702. The van der Waals surface area contributed by atoms with Gasteiger partial charge in [0, 0.05) is 25.2 Å². The van der Waals surface area contributed by atoms with E-state index in [-0.39, 0.29) is 23.2 Å². The summed E-state index contributed by atoms with van der Waals surface area (Å²) in [5.74, 6) is -2.25. The van der Waals surface area contributed by atoms with E-state index in [1.807, 2.05) is 0 Å². The number of benzene rings is 2. The summed E-state index contributed by atoms with van der Waals surface area (Å²) in [6.45, 7) is 1.60. The molecule has 0 atom stereocenters. The molecule has 0 unspecified atom stereocenters. The molecule has 8 heteroatoms. The number of aromatic nitrogens is 2. The van der Waals surface area contributed by atoms with Crippen LogP contribution < -0.4 is 0 Å². The summed E-state index contributed by atoms with van der Waals surface area (Å²) < 4.78 is 43.6. The van der Waals surface area contributed by atoms with Gasteiger partial charge in [0.25, 0.3) is 5.91 Å². The largest absolute Gasteiger partial charge is 0.331 e. The van der Waals surface area contributed by atoms with Gasteiger partial charge in [-0.3, -0.25) is 4.79 Å². The van der Waals surface area contributed by atoms with Crippen molar-refractivity contribution in [3.8, 4) is 11.1 Å². The summed E-state index contributed by atoms with van der Waals surface area (Å²) in [7, 11) is 1.43. The summed E-state index contributed by atoms with van der Waals surface area (Å²) in [5, 5.41) is 3.91. The molecule has 3 aromatic rings. The van der Waals surface area contributed by atoms with Gasteiger partial charge in [-0.2, -0.15) is 9.49 Å². The van der Waals surface area contributed by atoms with E-state index in [0.717, 1.165) is 17.5 Å². The molecule has 156 valence electrons. The lowest BCUT2D eigenvalue weighted by Gasteiger charge is -2.23. The summed E-state index contributed by atoms with van der Waals surface area (Å²) in [4.78, 5) is 14.5. The van der Waals surface area contributed by atoms with Crippen molar-refractivity contribution in [3.05, 3.63) is 75.8 Å². The van der Waals surface area contributed by atoms with Crippen LogP contribution in [0.5, 0.6) is 0 Å². The lowest BCUT2D eigenvalue weighted by atomic mass is 10.0. The Morgan fingerprint density at radius 2 is 1.80 bits per heavy atom. The first-order valence-electron chi connectivity index (χ1n) is 9.50. The molecule has 0 saturated heterocycles. The number of aryl methyl sites for hydroxylation is 2. The highest BCUT2D eigenvalue weighted by Crippen LogP contribution is 2.32. The molecule has 0 N–H and O–H groups in total. The molecule has 0 spiro atoms. The zero-order chi connectivity index (χ0) is 21.6. The van der Waals surface area contributed by atoms with Gasteiger partial charge in [-0.05, 0) is 49.1 Å². The van der Waals surface area contributed by atoms with Crippen LogP contribution in [0.25, 0.3) is 11.1 Å².